The molecule has 134 valence electrons. The molecule has 1 aliphatic heterocycles. The van der Waals surface area contributed by atoms with Crippen LogP contribution in [0.4, 0.5) is 0 Å². The van der Waals surface area contributed by atoms with Gasteiger partial charge in [-0.2, -0.15) is 0 Å². The van der Waals surface area contributed by atoms with E-state index in [4.69, 9.17) is 4.74 Å². The Bertz CT molecular complexity index is 660. The van der Waals surface area contributed by atoms with Gasteiger partial charge in [0.15, 0.2) is 0 Å². The van der Waals surface area contributed by atoms with Gasteiger partial charge in [-0.1, -0.05) is 17.7 Å². The second kappa shape index (κ2) is 5.75. The first-order valence-corrected chi connectivity index (χ1v) is 10.1. The van der Waals surface area contributed by atoms with Crippen molar-refractivity contribution in [2.75, 3.05) is 6.61 Å². The van der Waals surface area contributed by atoms with Crippen molar-refractivity contribution in [1.82, 2.24) is 5.32 Å². The van der Waals surface area contributed by atoms with Crippen LogP contribution in [0.1, 0.15) is 68.5 Å². The lowest BCUT2D eigenvalue weighted by Gasteiger charge is -2.56. The molecular formula is C22H29NO2. The van der Waals surface area contributed by atoms with Crippen molar-refractivity contribution in [2.45, 2.75) is 64.3 Å². The smallest absolute Gasteiger partial charge is 0.221 e. The molecular weight excluding hydrogens is 310 g/mol. The predicted molar refractivity (Wildman–Crippen MR) is 97.4 cm³/mol. The molecule has 6 rings (SSSR count). The molecule has 4 fully saturated rings. The fraction of sp³-hybridized carbons (Fsp3) is 0.682. The molecule has 5 aliphatic rings. The Morgan fingerprint density at radius 3 is 2.52 bits per heavy atom. The molecule has 0 saturated heterocycles. The van der Waals surface area contributed by atoms with Gasteiger partial charge >= 0.3 is 0 Å². The summed E-state index contributed by atoms with van der Waals surface area (Å²) in [6, 6.07) is 6.41. The number of aryl methyl sites for hydroxylation is 1. The molecule has 4 aliphatic carbocycles. The van der Waals surface area contributed by atoms with Crippen molar-refractivity contribution >= 4 is 5.91 Å². The molecule has 1 heterocycles. The normalized spacial score (nSPS) is 38.1. The third-order valence-corrected chi connectivity index (χ3v) is 7.24. The van der Waals surface area contributed by atoms with Gasteiger partial charge < -0.3 is 10.1 Å². The van der Waals surface area contributed by atoms with E-state index in [1.54, 1.807) is 0 Å². The lowest BCUT2D eigenvalue weighted by atomic mass is 9.49. The van der Waals surface area contributed by atoms with Gasteiger partial charge in [-0.05, 0) is 74.7 Å². The molecule has 0 radical (unpaired) electrons. The molecule has 0 aromatic heterocycles. The van der Waals surface area contributed by atoms with Crippen molar-refractivity contribution in [2.24, 2.45) is 23.2 Å². The molecule has 0 spiro atoms. The Kier molecular flexibility index (Phi) is 3.62. The maximum absolute atomic E-state index is 12.9. The monoisotopic (exact) mass is 339 g/mol. The second-order valence-electron chi connectivity index (χ2n) is 9.39. The van der Waals surface area contributed by atoms with E-state index in [1.807, 2.05) is 6.07 Å². The van der Waals surface area contributed by atoms with E-state index < -0.39 is 0 Å². The summed E-state index contributed by atoms with van der Waals surface area (Å²) in [5.41, 5.74) is 2.70. The number of hydrogen-bond donors (Lipinski definition) is 1. The van der Waals surface area contributed by atoms with Gasteiger partial charge in [0, 0.05) is 18.4 Å². The summed E-state index contributed by atoms with van der Waals surface area (Å²) < 4.78 is 5.77. The van der Waals surface area contributed by atoms with E-state index in [0.29, 0.717) is 12.0 Å². The third-order valence-electron chi connectivity index (χ3n) is 7.24. The van der Waals surface area contributed by atoms with E-state index >= 15 is 0 Å². The number of carbonyl (C=O) groups is 1. The van der Waals surface area contributed by atoms with Crippen molar-refractivity contribution in [3.05, 3.63) is 29.3 Å². The van der Waals surface area contributed by atoms with E-state index in [9.17, 15) is 4.79 Å². The van der Waals surface area contributed by atoms with Gasteiger partial charge in [0.2, 0.25) is 5.91 Å². The topological polar surface area (TPSA) is 38.3 Å². The molecule has 1 unspecified atom stereocenters. The highest BCUT2D eigenvalue weighted by atomic mass is 16.5. The number of nitrogens with one attached hydrogen (secondary N) is 1. The fourth-order valence-corrected chi connectivity index (χ4v) is 6.76. The van der Waals surface area contributed by atoms with Gasteiger partial charge in [-0.3, -0.25) is 4.79 Å². The van der Waals surface area contributed by atoms with Crippen LogP contribution in [0, 0.1) is 30.1 Å². The van der Waals surface area contributed by atoms with Crippen molar-refractivity contribution in [1.29, 1.82) is 0 Å². The van der Waals surface area contributed by atoms with Crippen LogP contribution in [0.15, 0.2) is 18.2 Å². The average Bonchev–Trinajstić information content (AvgIpc) is 2.53. The van der Waals surface area contributed by atoms with Crippen LogP contribution >= 0.6 is 0 Å². The van der Waals surface area contributed by atoms with Gasteiger partial charge in [-0.15, -0.1) is 0 Å². The highest BCUT2D eigenvalue weighted by Gasteiger charge is 2.51. The van der Waals surface area contributed by atoms with Crippen LogP contribution < -0.4 is 10.1 Å². The zero-order valence-electron chi connectivity index (χ0n) is 15.2. The predicted octanol–water partition coefficient (Wildman–Crippen LogP) is 4.54. The lowest BCUT2D eigenvalue weighted by molar-refractivity contribution is -0.130. The molecule has 4 saturated carbocycles. The lowest BCUT2D eigenvalue weighted by Crippen LogP contribution is -2.48. The van der Waals surface area contributed by atoms with Crippen molar-refractivity contribution in [3.8, 4) is 5.75 Å². The van der Waals surface area contributed by atoms with Crippen LogP contribution in [0.5, 0.6) is 5.75 Å². The van der Waals surface area contributed by atoms with Gasteiger partial charge in [0.25, 0.3) is 0 Å². The number of hydrogen-bond acceptors (Lipinski definition) is 2. The summed E-state index contributed by atoms with van der Waals surface area (Å²) in [6.07, 6.45) is 9.84. The van der Waals surface area contributed by atoms with Crippen LogP contribution in [0.3, 0.4) is 0 Å². The first kappa shape index (κ1) is 15.7. The maximum atomic E-state index is 12.9. The number of rotatable bonds is 3. The number of carbonyl (C=O) groups excluding carboxylic acids is 1. The zero-order valence-corrected chi connectivity index (χ0v) is 15.2. The number of ether oxygens (including phenoxy) is 1. The molecule has 1 atom stereocenters. The molecule has 1 N–H and O–H groups in total. The first-order chi connectivity index (χ1) is 12.1. The van der Waals surface area contributed by atoms with E-state index in [1.165, 1.54) is 44.1 Å². The van der Waals surface area contributed by atoms with Gasteiger partial charge in [0.05, 0.1) is 12.6 Å². The Balaban J connectivity index is 1.30. The van der Waals surface area contributed by atoms with E-state index in [-0.39, 0.29) is 11.9 Å². The molecule has 1 amide bonds. The minimum absolute atomic E-state index is 0.116. The number of benzene rings is 1. The highest BCUT2D eigenvalue weighted by Crippen LogP contribution is 2.61. The maximum Gasteiger partial charge on any atom is 0.221 e. The summed E-state index contributed by atoms with van der Waals surface area (Å²) in [7, 11) is 0. The number of fused-ring (bicyclic) bond motifs is 1. The quantitative estimate of drug-likeness (QED) is 0.878. The third kappa shape index (κ3) is 2.86. The molecule has 25 heavy (non-hydrogen) atoms. The minimum atomic E-state index is 0.116. The largest absolute Gasteiger partial charge is 0.493 e. The second-order valence-corrected chi connectivity index (χ2v) is 9.39. The Morgan fingerprint density at radius 2 is 1.84 bits per heavy atom. The molecule has 3 nitrogen and oxygen atoms in total. The van der Waals surface area contributed by atoms with E-state index in [2.05, 4.69) is 24.4 Å². The molecule has 1 aromatic carbocycles. The Hall–Kier alpha value is -1.51. The van der Waals surface area contributed by atoms with E-state index in [0.717, 1.165) is 41.9 Å². The van der Waals surface area contributed by atoms with Crippen LogP contribution in [0.25, 0.3) is 0 Å². The Morgan fingerprint density at radius 1 is 1.16 bits per heavy atom. The van der Waals surface area contributed by atoms with Crippen molar-refractivity contribution in [3.63, 3.8) is 0 Å². The van der Waals surface area contributed by atoms with Crippen LogP contribution in [-0.4, -0.2) is 12.5 Å². The van der Waals surface area contributed by atoms with Crippen LogP contribution in [0.2, 0.25) is 0 Å². The number of amides is 1. The summed E-state index contributed by atoms with van der Waals surface area (Å²) >= 11 is 0. The summed E-state index contributed by atoms with van der Waals surface area (Å²) in [4.78, 5) is 12.9. The molecule has 1 aromatic rings. The summed E-state index contributed by atoms with van der Waals surface area (Å²) in [6.45, 7) is 2.79. The van der Waals surface area contributed by atoms with Crippen LogP contribution in [-0.2, 0) is 4.79 Å². The van der Waals surface area contributed by atoms with Crippen molar-refractivity contribution < 1.29 is 9.53 Å². The first-order valence-electron chi connectivity index (χ1n) is 10.1. The highest BCUT2D eigenvalue weighted by molar-refractivity contribution is 5.77. The standard InChI is InChI=1S/C22H29NO2/c1-14-2-3-20-18(6-14)19(4-5-25-20)23-21(24)13-22-10-15-7-16(11-22)9-17(8-15)12-22/h2-3,6,15-17,19H,4-5,7-13H2,1H3,(H,23,24). The fourth-order valence-electron chi connectivity index (χ4n) is 6.76. The SMILES string of the molecule is Cc1ccc2c(c1)C(NC(=O)CC13CC4CC(CC(C4)C1)C3)CCO2. The Labute approximate surface area is 150 Å². The van der Waals surface area contributed by atoms with Gasteiger partial charge in [-0.25, -0.2) is 0 Å². The molecule has 3 heteroatoms. The molecule has 4 bridgehead atoms. The summed E-state index contributed by atoms with van der Waals surface area (Å²) in [5, 5.41) is 3.36. The van der Waals surface area contributed by atoms with Gasteiger partial charge in [0.1, 0.15) is 5.75 Å². The average molecular weight is 339 g/mol. The zero-order chi connectivity index (χ0) is 17.0. The minimum Gasteiger partial charge on any atom is -0.493 e. The summed E-state index contributed by atoms with van der Waals surface area (Å²) in [5.74, 6) is 3.93.